The lowest BCUT2D eigenvalue weighted by atomic mass is 9.96. The molecule has 2 aromatic rings. The molecule has 0 unspecified atom stereocenters. The van der Waals surface area contributed by atoms with E-state index in [0.717, 1.165) is 37.7 Å². The second kappa shape index (κ2) is 9.34. The van der Waals surface area contributed by atoms with E-state index < -0.39 is 10.0 Å². The molecule has 0 heterocycles. The van der Waals surface area contributed by atoms with Gasteiger partial charge in [0.05, 0.1) is 4.90 Å². The van der Waals surface area contributed by atoms with Gasteiger partial charge in [-0.15, -0.1) is 0 Å². The van der Waals surface area contributed by atoms with Crippen molar-refractivity contribution in [2.24, 2.45) is 0 Å². The van der Waals surface area contributed by atoms with Crippen LogP contribution in [0.4, 0.5) is 0 Å². The van der Waals surface area contributed by atoms with Crippen molar-refractivity contribution in [3.8, 4) is 0 Å². The maximum atomic E-state index is 13.0. The number of benzene rings is 2. The first-order valence-corrected chi connectivity index (χ1v) is 11.3. The molecule has 0 aromatic heterocycles. The molecule has 5 nitrogen and oxygen atoms in total. The van der Waals surface area contributed by atoms with Crippen LogP contribution in [0.3, 0.4) is 0 Å². The molecule has 6 heteroatoms. The minimum atomic E-state index is -3.60. The van der Waals surface area contributed by atoms with Gasteiger partial charge in [0, 0.05) is 25.2 Å². The summed E-state index contributed by atoms with van der Waals surface area (Å²) in [5.41, 5.74) is 1.51. The highest BCUT2D eigenvalue weighted by atomic mass is 32.2. The first-order valence-electron chi connectivity index (χ1n) is 9.89. The van der Waals surface area contributed by atoms with Gasteiger partial charge in [-0.2, -0.15) is 4.31 Å². The molecule has 0 spiro atoms. The number of carbonyl (C=O) groups is 1. The van der Waals surface area contributed by atoms with Crippen molar-refractivity contribution in [2.45, 2.75) is 49.5 Å². The quantitative estimate of drug-likeness (QED) is 0.772. The van der Waals surface area contributed by atoms with Gasteiger partial charge in [0.15, 0.2) is 0 Å². The van der Waals surface area contributed by atoms with Crippen molar-refractivity contribution in [3.63, 3.8) is 0 Å². The van der Waals surface area contributed by atoms with Crippen LogP contribution in [0.15, 0.2) is 59.5 Å². The Morgan fingerprint density at radius 3 is 2.46 bits per heavy atom. The predicted molar refractivity (Wildman–Crippen MR) is 111 cm³/mol. The number of amides is 1. The number of hydrogen-bond acceptors (Lipinski definition) is 3. The van der Waals surface area contributed by atoms with Gasteiger partial charge in [0.25, 0.3) is 5.91 Å². The van der Waals surface area contributed by atoms with E-state index in [1.54, 1.807) is 25.2 Å². The fraction of sp³-hybridized carbons (Fsp3) is 0.409. The average molecular weight is 401 g/mol. The van der Waals surface area contributed by atoms with Gasteiger partial charge < -0.3 is 5.32 Å². The van der Waals surface area contributed by atoms with Crippen LogP contribution < -0.4 is 5.32 Å². The zero-order valence-corrected chi connectivity index (χ0v) is 17.1. The third-order valence-electron chi connectivity index (χ3n) is 5.40. The molecule has 0 atom stereocenters. The van der Waals surface area contributed by atoms with Gasteiger partial charge in [-0.1, -0.05) is 55.7 Å². The second-order valence-corrected chi connectivity index (χ2v) is 9.33. The molecule has 1 N–H and O–H groups in total. The number of rotatable bonds is 7. The van der Waals surface area contributed by atoms with E-state index in [1.165, 1.54) is 16.8 Å². The fourth-order valence-corrected chi connectivity index (χ4v) is 5.13. The Balaban J connectivity index is 1.66. The molecule has 0 saturated heterocycles. The van der Waals surface area contributed by atoms with Crippen molar-refractivity contribution in [1.29, 1.82) is 0 Å². The first-order chi connectivity index (χ1) is 13.5. The van der Waals surface area contributed by atoms with E-state index in [4.69, 9.17) is 0 Å². The highest BCUT2D eigenvalue weighted by molar-refractivity contribution is 7.89. The third kappa shape index (κ3) is 5.00. The van der Waals surface area contributed by atoms with Crippen LogP contribution in [0, 0.1) is 0 Å². The van der Waals surface area contributed by atoms with Crippen molar-refractivity contribution in [2.75, 3.05) is 13.6 Å². The van der Waals surface area contributed by atoms with Gasteiger partial charge in [-0.05, 0) is 43.0 Å². The van der Waals surface area contributed by atoms with Crippen LogP contribution in [-0.4, -0.2) is 38.3 Å². The van der Waals surface area contributed by atoms with E-state index in [9.17, 15) is 13.2 Å². The Labute approximate surface area is 167 Å². The van der Waals surface area contributed by atoms with Crippen LogP contribution in [0.25, 0.3) is 0 Å². The first kappa shape index (κ1) is 20.6. The smallest absolute Gasteiger partial charge is 0.251 e. The Bertz CT molecular complexity index is 891. The largest absolute Gasteiger partial charge is 0.352 e. The average Bonchev–Trinajstić information content (AvgIpc) is 2.74. The SMILES string of the molecule is CN(C1CCCCC1)S(=O)(=O)c1cccc(C(=O)NCCc2ccccc2)c1. The minimum absolute atomic E-state index is 0.0436. The number of carbonyl (C=O) groups excluding carboxylic acids is 1. The molecule has 0 bridgehead atoms. The van der Waals surface area contributed by atoms with Gasteiger partial charge in [0.1, 0.15) is 0 Å². The standard InChI is InChI=1S/C22H28N2O3S/c1-24(20-12-6-3-7-13-20)28(26,27)21-14-8-11-19(17-21)22(25)23-16-15-18-9-4-2-5-10-18/h2,4-5,8-11,14,17,20H,3,6-7,12-13,15-16H2,1H3,(H,23,25). The van der Waals surface area contributed by atoms with E-state index in [-0.39, 0.29) is 16.8 Å². The molecule has 1 fully saturated rings. The Morgan fingerprint density at radius 1 is 1.04 bits per heavy atom. The van der Waals surface area contributed by atoms with Crippen LogP contribution in [0.5, 0.6) is 0 Å². The fourth-order valence-electron chi connectivity index (χ4n) is 3.67. The molecule has 3 rings (SSSR count). The summed E-state index contributed by atoms with van der Waals surface area (Å²) in [5.74, 6) is -0.256. The Hall–Kier alpha value is -2.18. The van der Waals surface area contributed by atoms with Crippen LogP contribution in [0.1, 0.15) is 48.0 Å². The second-order valence-electron chi connectivity index (χ2n) is 7.33. The lowest BCUT2D eigenvalue weighted by Crippen LogP contribution is -2.38. The molecular weight excluding hydrogens is 372 g/mol. The molecular formula is C22H28N2O3S. The van der Waals surface area contributed by atoms with Crippen molar-refractivity contribution in [3.05, 3.63) is 65.7 Å². The Kier molecular flexibility index (Phi) is 6.86. The molecule has 1 saturated carbocycles. The summed E-state index contributed by atoms with van der Waals surface area (Å²) >= 11 is 0. The molecule has 1 amide bonds. The van der Waals surface area contributed by atoms with Crippen molar-refractivity contribution >= 4 is 15.9 Å². The summed E-state index contributed by atoms with van der Waals surface area (Å²) in [4.78, 5) is 12.6. The summed E-state index contributed by atoms with van der Waals surface area (Å²) in [6.45, 7) is 0.502. The maximum absolute atomic E-state index is 13.0. The summed E-state index contributed by atoms with van der Waals surface area (Å²) in [6.07, 6.45) is 5.82. The number of nitrogens with zero attached hydrogens (tertiary/aromatic N) is 1. The monoisotopic (exact) mass is 400 g/mol. The van der Waals surface area contributed by atoms with Gasteiger partial charge in [-0.25, -0.2) is 8.42 Å². The van der Waals surface area contributed by atoms with E-state index in [0.29, 0.717) is 12.1 Å². The molecule has 1 aliphatic rings. The minimum Gasteiger partial charge on any atom is -0.352 e. The summed E-state index contributed by atoms with van der Waals surface area (Å²) in [5, 5.41) is 2.87. The molecule has 1 aliphatic carbocycles. The highest BCUT2D eigenvalue weighted by Crippen LogP contribution is 2.26. The molecule has 28 heavy (non-hydrogen) atoms. The van der Waals surface area contributed by atoms with Crippen LogP contribution >= 0.6 is 0 Å². The maximum Gasteiger partial charge on any atom is 0.251 e. The van der Waals surface area contributed by atoms with Gasteiger partial charge >= 0.3 is 0 Å². The van der Waals surface area contributed by atoms with E-state index in [1.807, 2.05) is 30.3 Å². The van der Waals surface area contributed by atoms with Gasteiger partial charge in [0.2, 0.25) is 10.0 Å². The lowest BCUT2D eigenvalue weighted by molar-refractivity contribution is 0.0954. The third-order valence-corrected chi connectivity index (χ3v) is 7.31. The van der Waals surface area contributed by atoms with Crippen molar-refractivity contribution in [1.82, 2.24) is 9.62 Å². The topological polar surface area (TPSA) is 66.5 Å². The highest BCUT2D eigenvalue weighted by Gasteiger charge is 2.29. The number of hydrogen-bond donors (Lipinski definition) is 1. The predicted octanol–water partition coefficient (Wildman–Crippen LogP) is 3.61. The number of sulfonamides is 1. The van der Waals surface area contributed by atoms with Crippen LogP contribution in [-0.2, 0) is 16.4 Å². The Morgan fingerprint density at radius 2 is 1.75 bits per heavy atom. The van der Waals surface area contributed by atoms with E-state index in [2.05, 4.69) is 5.32 Å². The molecule has 0 aliphatic heterocycles. The van der Waals surface area contributed by atoms with Crippen molar-refractivity contribution < 1.29 is 13.2 Å². The zero-order valence-electron chi connectivity index (χ0n) is 16.3. The molecule has 150 valence electrons. The van der Waals surface area contributed by atoms with E-state index >= 15 is 0 Å². The summed E-state index contributed by atoms with van der Waals surface area (Å²) in [7, 11) is -1.95. The summed E-state index contributed by atoms with van der Waals surface area (Å²) in [6, 6.07) is 16.3. The molecule has 2 aromatic carbocycles. The summed E-state index contributed by atoms with van der Waals surface area (Å²) < 4.78 is 27.5. The van der Waals surface area contributed by atoms with Gasteiger partial charge in [-0.3, -0.25) is 4.79 Å². The molecule has 0 radical (unpaired) electrons. The normalized spacial score (nSPS) is 15.5. The van der Waals surface area contributed by atoms with Crippen LogP contribution in [0.2, 0.25) is 0 Å². The number of nitrogens with one attached hydrogen (secondary N) is 1. The lowest BCUT2D eigenvalue weighted by Gasteiger charge is -2.30. The zero-order chi connectivity index (χ0) is 20.0.